The van der Waals surface area contributed by atoms with Crippen molar-refractivity contribution in [2.45, 2.75) is 19.5 Å². The summed E-state index contributed by atoms with van der Waals surface area (Å²) in [5.74, 6) is -1.10. The van der Waals surface area contributed by atoms with Crippen LogP contribution in [0.5, 0.6) is 5.75 Å². The lowest BCUT2D eigenvalue weighted by molar-refractivity contribution is -0.153. The number of carbonyl (C=O) groups excluding carboxylic acids is 2. The van der Waals surface area contributed by atoms with E-state index in [1.807, 2.05) is 19.1 Å². The molecule has 0 unspecified atom stereocenters. The van der Waals surface area contributed by atoms with E-state index in [9.17, 15) is 22.8 Å². The maximum absolute atomic E-state index is 12.1. The van der Waals surface area contributed by atoms with Crippen LogP contribution in [0.4, 0.5) is 13.2 Å². The number of hydrazine groups is 1. The second-order valence-corrected chi connectivity index (χ2v) is 5.39. The van der Waals surface area contributed by atoms with Gasteiger partial charge in [-0.2, -0.15) is 13.2 Å². The highest BCUT2D eigenvalue weighted by Crippen LogP contribution is 2.18. The Morgan fingerprint density at radius 3 is 1.77 bits per heavy atom. The molecule has 5 nitrogen and oxygen atoms in total. The van der Waals surface area contributed by atoms with Crippen molar-refractivity contribution in [1.82, 2.24) is 10.9 Å². The van der Waals surface area contributed by atoms with Crippen LogP contribution >= 0.6 is 0 Å². The van der Waals surface area contributed by atoms with E-state index in [2.05, 4.69) is 15.6 Å². The molecule has 2 N–H and O–H groups in total. The summed E-state index contributed by atoms with van der Waals surface area (Å²) >= 11 is 0. The topological polar surface area (TPSA) is 67.4 Å². The van der Waals surface area contributed by atoms with E-state index in [0.29, 0.717) is 5.56 Å². The Morgan fingerprint density at radius 2 is 1.35 bits per heavy atom. The number of amides is 2. The molecular formula is C18H17F3N2O3. The number of halogens is 3. The minimum Gasteiger partial charge on any atom is -0.484 e. The predicted octanol–water partition coefficient (Wildman–Crippen LogP) is 3.26. The number of rotatable bonds is 5. The van der Waals surface area contributed by atoms with Crippen molar-refractivity contribution >= 4 is 11.8 Å². The first-order valence-electron chi connectivity index (χ1n) is 7.77. The Morgan fingerprint density at radius 1 is 0.885 bits per heavy atom. The van der Waals surface area contributed by atoms with Crippen LogP contribution in [0, 0.1) is 0 Å². The maximum Gasteiger partial charge on any atom is 0.422 e. The molecule has 8 heteroatoms. The van der Waals surface area contributed by atoms with Crippen molar-refractivity contribution in [2.24, 2.45) is 0 Å². The quantitative estimate of drug-likeness (QED) is 0.798. The molecule has 0 aliphatic carbocycles. The third-order valence-electron chi connectivity index (χ3n) is 3.43. The first-order valence-corrected chi connectivity index (χ1v) is 7.77. The van der Waals surface area contributed by atoms with E-state index in [4.69, 9.17) is 0 Å². The minimum absolute atomic E-state index is 0.0149. The van der Waals surface area contributed by atoms with Crippen molar-refractivity contribution in [2.75, 3.05) is 6.61 Å². The van der Waals surface area contributed by atoms with Gasteiger partial charge in [0.05, 0.1) is 0 Å². The molecule has 0 atom stereocenters. The van der Waals surface area contributed by atoms with Crippen LogP contribution in [0.15, 0.2) is 48.5 Å². The van der Waals surface area contributed by atoms with Gasteiger partial charge < -0.3 is 4.74 Å². The maximum atomic E-state index is 12.1. The van der Waals surface area contributed by atoms with Gasteiger partial charge in [0.1, 0.15) is 5.75 Å². The van der Waals surface area contributed by atoms with Gasteiger partial charge >= 0.3 is 6.18 Å². The molecule has 0 saturated heterocycles. The third kappa shape index (κ3) is 5.80. The summed E-state index contributed by atoms with van der Waals surface area (Å²) in [5.41, 5.74) is 6.15. The van der Waals surface area contributed by atoms with E-state index in [0.717, 1.165) is 12.0 Å². The Kier molecular flexibility index (Phi) is 6.21. The molecule has 0 aliphatic heterocycles. The number of alkyl halides is 3. The van der Waals surface area contributed by atoms with Crippen molar-refractivity contribution in [1.29, 1.82) is 0 Å². The number of hydrogen-bond acceptors (Lipinski definition) is 3. The molecule has 2 rings (SSSR count). The summed E-state index contributed by atoms with van der Waals surface area (Å²) in [6.45, 7) is 0.583. The average Bonchev–Trinajstić information content (AvgIpc) is 2.64. The summed E-state index contributed by atoms with van der Waals surface area (Å²) in [4.78, 5) is 23.9. The monoisotopic (exact) mass is 366 g/mol. The highest BCUT2D eigenvalue weighted by molar-refractivity contribution is 5.99. The minimum atomic E-state index is -4.43. The molecule has 0 aliphatic rings. The van der Waals surface area contributed by atoms with Gasteiger partial charge in [-0.05, 0) is 48.4 Å². The first-order chi connectivity index (χ1) is 12.3. The molecule has 2 aromatic carbocycles. The molecule has 0 fully saturated rings. The van der Waals surface area contributed by atoms with Crippen LogP contribution in [0.2, 0.25) is 0 Å². The van der Waals surface area contributed by atoms with Gasteiger partial charge in [0.2, 0.25) is 0 Å². The Hall–Kier alpha value is -3.03. The van der Waals surface area contributed by atoms with Gasteiger partial charge in [-0.3, -0.25) is 20.4 Å². The van der Waals surface area contributed by atoms with Crippen LogP contribution in [-0.2, 0) is 6.42 Å². The second-order valence-electron chi connectivity index (χ2n) is 5.39. The van der Waals surface area contributed by atoms with Gasteiger partial charge in [0.25, 0.3) is 11.8 Å². The second kappa shape index (κ2) is 8.37. The predicted molar refractivity (Wildman–Crippen MR) is 88.7 cm³/mol. The normalized spacial score (nSPS) is 10.9. The molecule has 138 valence electrons. The lowest BCUT2D eigenvalue weighted by atomic mass is 10.1. The number of hydrogen-bond donors (Lipinski definition) is 2. The van der Waals surface area contributed by atoms with Gasteiger partial charge in [0, 0.05) is 11.1 Å². The van der Waals surface area contributed by atoms with Crippen molar-refractivity contribution in [3.05, 3.63) is 65.2 Å². The molecule has 26 heavy (non-hydrogen) atoms. The SMILES string of the molecule is CCc1ccc(C(=O)NNC(=O)c2ccc(OCC(F)(F)F)cc2)cc1. The molecule has 0 heterocycles. The molecule has 0 bridgehead atoms. The zero-order valence-corrected chi connectivity index (χ0v) is 13.9. The number of ether oxygens (including phenoxy) is 1. The van der Waals surface area contributed by atoms with Crippen LogP contribution in [0.3, 0.4) is 0 Å². The van der Waals surface area contributed by atoms with E-state index in [-0.39, 0.29) is 11.3 Å². The van der Waals surface area contributed by atoms with Crippen LogP contribution in [-0.4, -0.2) is 24.6 Å². The lowest BCUT2D eigenvalue weighted by Gasteiger charge is -2.10. The van der Waals surface area contributed by atoms with Crippen molar-refractivity contribution in [3.63, 3.8) is 0 Å². The smallest absolute Gasteiger partial charge is 0.422 e. The third-order valence-corrected chi connectivity index (χ3v) is 3.43. The number of aryl methyl sites for hydroxylation is 1. The summed E-state index contributed by atoms with van der Waals surface area (Å²) in [6.07, 6.45) is -3.59. The Labute approximate surface area is 148 Å². The van der Waals surface area contributed by atoms with Gasteiger partial charge in [-0.1, -0.05) is 19.1 Å². The van der Waals surface area contributed by atoms with Crippen molar-refractivity contribution < 1.29 is 27.5 Å². The molecule has 0 saturated carbocycles. The average molecular weight is 366 g/mol. The number of benzene rings is 2. The zero-order valence-electron chi connectivity index (χ0n) is 13.9. The summed E-state index contributed by atoms with van der Waals surface area (Å²) in [7, 11) is 0. The van der Waals surface area contributed by atoms with Crippen LogP contribution in [0.25, 0.3) is 0 Å². The molecule has 2 amide bonds. The van der Waals surface area contributed by atoms with Crippen molar-refractivity contribution in [3.8, 4) is 5.75 Å². The van der Waals surface area contributed by atoms with Gasteiger partial charge in [-0.25, -0.2) is 0 Å². The number of nitrogens with one attached hydrogen (secondary N) is 2. The lowest BCUT2D eigenvalue weighted by Crippen LogP contribution is -2.41. The fourth-order valence-corrected chi connectivity index (χ4v) is 2.02. The molecule has 2 aromatic rings. The zero-order chi connectivity index (χ0) is 19.2. The largest absolute Gasteiger partial charge is 0.484 e. The highest BCUT2D eigenvalue weighted by atomic mass is 19.4. The van der Waals surface area contributed by atoms with E-state index in [1.54, 1.807) is 12.1 Å². The molecule has 0 radical (unpaired) electrons. The van der Waals surface area contributed by atoms with Crippen LogP contribution in [0.1, 0.15) is 33.2 Å². The summed E-state index contributed by atoms with van der Waals surface area (Å²) in [5, 5.41) is 0. The fraction of sp³-hybridized carbons (Fsp3) is 0.222. The summed E-state index contributed by atoms with van der Waals surface area (Å²) < 4.78 is 40.8. The van der Waals surface area contributed by atoms with Crippen LogP contribution < -0.4 is 15.6 Å². The van der Waals surface area contributed by atoms with E-state index < -0.39 is 24.6 Å². The van der Waals surface area contributed by atoms with Gasteiger partial charge in [-0.15, -0.1) is 0 Å². The Balaban J connectivity index is 1.87. The first kappa shape index (κ1) is 19.3. The Bertz CT molecular complexity index is 757. The standard InChI is InChI=1S/C18H17F3N2O3/c1-2-12-3-5-13(6-4-12)16(24)22-23-17(25)14-7-9-15(10-8-14)26-11-18(19,20)21/h3-10H,2,11H2,1H3,(H,22,24)(H,23,25). The fourth-order valence-electron chi connectivity index (χ4n) is 2.02. The highest BCUT2D eigenvalue weighted by Gasteiger charge is 2.28. The number of carbonyl (C=O) groups is 2. The molecule has 0 spiro atoms. The van der Waals surface area contributed by atoms with Gasteiger partial charge in [0.15, 0.2) is 6.61 Å². The molecule has 0 aromatic heterocycles. The summed E-state index contributed by atoms with van der Waals surface area (Å²) in [6, 6.07) is 12.0. The van der Waals surface area contributed by atoms with E-state index in [1.165, 1.54) is 24.3 Å². The van der Waals surface area contributed by atoms with E-state index >= 15 is 0 Å². The molecular weight excluding hydrogens is 349 g/mol.